The molecule has 1 aromatic carbocycles. The molecule has 0 aliphatic carbocycles. The molecule has 1 amide bonds. The van der Waals surface area contributed by atoms with E-state index in [2.05, 4.69) is 5.32 Å². The van der Waals surface area contributed by atoms with E-state index in [0.717, 1.165) is 0 Å². The number of carbonyl (C=O) groups is 2. The summed E-state index contributed by atoms with van der Waals surface area (Å²) in [6.07, 6.45) is -1.13. The van der Waals surface area contributed by atoms with E-state index in [-0.39, 0.29) is 28.9 Å². The Morgan fingerprint density at radius 3 is 2.00 bits per heavy atom. The molecule has 0 aromatic heterocycles. The van der Waals surface area contributed by atoms with Crippen LogP contribution in [0.3, 0.4) is 0 Å². The Labute approximate surface area is 224 Å². The first-order valence-corrected chi connectivity index (χ1v) is 16.8. The molecule has 1 rings (SSSR count). The quantitative estimate of drug-likeness (QED) is 0.289. The van der Waals surface area contributed by atoms with Crippen LogP contribution in [0.4, 0.5) is 4.79 Å². The lowest BCUT2D eigenvalue weighted by atomic mass is 10.1. The molecular formula is C26H46N2O7SSi. The highest BCUT2D eigenvalue weighted by Crippen LogP contribution is 2.38. The number of nitrogens with zero attached hydrogens (tertiary/aromatic N) is 1. The molecule has 0 aliphatic heterocycles. The molecule has 0 fully saturated rings. The number of aldehydes is 1. The summed E-state index contributed by atoms with van der Waals surface area (Å²) in [6, 6.07) is 5.03. The SMILES string of the molecule is COc1ccc(S(=O)(=O)N(CC(C)C)C[C@@H](O[Si](C)(C)C(C)(C)C)C(C=O)NC(=O)OC(C)(C)C)cc1. The van der Waals surface area contributed by atoms with E-state index >= 15 is 0 Å². The van der Waals surface area contributed by atoms with Crippen molar-refractivity contribution in [1.29, 1.82) is 0 Å². The zero-order valence-electron chi connectivity index (χ0n) is 24.2. The maximum atomic E-state index is 13.7. The van der Waals surface area contributed by atoms with Crippen LogP contribution >= 0.6 is 0 Å². The zero-order chi connectivity index (χ0) is 28.8. The molecule has 0 aliphatic rings. The van der Waals surface area contributed by atoms with E-state index in [0.29, 0.717) is 12.0 Å². The molecule has 212 valence electrons. The number of methoxy groups -OCH3 is 1. The van der Waals surface area contributed by atoms with Crippen molar-refractivity contribution < 1.29 is 31.9 Å². The fourth-order valence-corrected chi connectivity index (χ4v) is 6.16. The van der Waals surface area contributed by atoms with E-state index in [9.17, 15) is 18.0 Å². The van der Waals surface area contributed by atoms with Crippen LogP contribution in [0.15, 0.2) is 29.2 Å². The van der Waals surface area contributed by atoms with Crippen LogP contribution in [0.2, 0.25) is 18.1 Å². The largest absolute Gasteiger partial charge is 0.497 e. The first-order chi connectivity index (χ1) is 16.7. The third kappa shape index (κ3) is 10.0. The van der Waals surface area contributed by atoms with Gasteiger partial charge in [0, 0.05) is 13.1 Å². The van der Waals surface area contributed by atoms with Gasteiger partial charge in [-0.05, 0) is 69.1 Å². The molecule has 0 saturated carbocycles. The van der Waals surface area contributed by atoms with Crippen LogP contribution in [-0.2, 0) is 24.0 Å². The Balaban J connectivity index is 3.49. The van der Waals surface area contributed by atoms with Gasteiger partial charge < -0.3 is 24.0 Å². The second kappa shape index (κ2) is 12.7. The molecule has 0 saturated heterocycles. The Morgan fingerprint density at radius 2 is 1.59 bits per heavy atom. The van der Waals surface area contributed by atoms with Crippen LogP contribution in [-0.4, -0.2) is 71.4 Å². The minimum Gasteiger partial charge on any atom is -0.497 e. The Bertz CT molecular complexity index is 997. The zero-order valence-corrected chi connectivity index (χ0v) is 26.1. The summed E-state index contributed by atoms with van der Waals surface area (Å²) in [4.78, 5) is 24.9. The van der Waals surface area contributed by atoms with Gasteiger partial charge in [0.2, 0.25) is 10.0 Å². The Hall–Kier alpha value is -1.95. The van der Waals surface area contributed by atoms with Crippen molar-refractivity contribution in [2.24, 2.45) is 5.92 Å². The highest BCUT2D eigenvalue weighted by Gasteiger charge is 2.43. The Morgan fingerprint density at radius 1 is 1.05 bits per heavy atom. The van der Waals surface area contributed by atoms with Crippen LogP contribution in [0.25, 0.3) is 0 Å². The monoisotopic (exact) mass is 558 g/mol. The van der Waals surface area contributed by atoms with Gasteiger partial charge in [-0.15, -0.1) is 0 Å². The molecule has 0 spiro atoms. The number of benzene rings is 1. The highest BCUT2D eigenvalue weighted by atomic mass is 32.2. The van der Waals surface area contributed by atoms with Gasteiger partial charge in [-0.3, -0.25) is 0 Å². The van der Waals surface area contributed by atoms with Gasteiger partial charge in [-0.1, -0.05) is 34.6 Å². The number of alkyl carbamates (subject to hydrolysis) is 1. The lowest BCUT2D eigenvalue weighted by Crippen LogP contribution is -2.57. The predicted molar refractivity (Wildman–Crippen MR) is 148 cm³/mol. The standard InChI is InChI=1S/C26H46N2O7SSi/c1-19(2)16-28(36(31,32)21-14-12-20(33-9)13-15-21)17-23(35-37(10,11)26(6,7)8)22(18-29)27-24(30)34-25(3,4)5/h12-15,18-19,22-23H,16-17H2,1-11H3,(H,27,30)/t22?,23-/m1/s1. The summed E-state index contributed by atoms with van der Waals surface area (Å²) < 4.78 is 45.9. The van der Waals surface area contributed by atoms with Gasteiger partial charge in [-0.25, -0.2) is 13.2 Å². The number of rotatable bonds is 12. The van der Waals surface area contributed by atoms with Gasteiger partial charge >= 0.3 is 6.09 Å². The lowest BCUT2D eigenvalue weighted by molar-refractivity contribution is -0.112. The molecule has 2 atom stereocenters. The normalized spacial score (nSPS) is 14.8. The molecule has 9 nitrogen and oxygen atoms in total. The minimum atomic E-state index is -3.95. The summed E-state index contributed by atoms with van der Waals surface area (Å²) in [5.74, 6) is 0.533. The smallest absolute Gasteiger partial charge is 0.408 e. The van der Waals surface area contributed by atoms with E-state index in [1.54, 1.807) is 32.9 Å². The van der Waals surface area contributed by atoms with Gasteiger partial charge in [0.05, 0.1) is 18.1 Å². The van der Waals surface area contributed by atoms with Crippen LogP contribution in [0, 0.1) is 5.92 Å². The van der Waals surface area contributed by atoms with E-state index < -0.39 is 42.2 Å². The first kappa shape index (κ1) is 33.1. The molecule has 0 heterocycles. The average Bonchev–Trinajstić information content (AvgIpc) is 2.74. The summed E-state index contributed by atoms with van der Waals surface area (Å²) in [6.45, 7) is 19.2. The molecule has 0 bridgehead atoms. The summed E-state index contributed by atoms with van der Waals surface area (Å²) in [5.41, 5.74) is -0.769. The number of nitrogens with one attached hydrogen (secondary N) is 1. The Kier molecular flexibility index (Phi) is 11.4. The van der Waals surface area contributed by atoms with Gasteiger partial charge in [0.25, 0.3) is 0 Å². The third-order valence-corrected chi connectivity index (χ3v) is 12.5. The number of amides is 1. The van der Waals surface area contributed by atoms with E-state index in [4.69, 9.17) is 13.9 Å². The van der Waals surface area contributed by atoms with Crippen molar-refractivity contribution in [3.05, 3.63) is 24.3 Å². The van der Waals surface area contributed by atoms with Crippen molar-refractivity contribution in [1.82, 2.24) is 9.62 Å². The maximum absolute atomic E-state index is 13.7. The van der Waals surface area contributed by atoms with Crippen LogP contribution < -0.4 is 10.1 Å². The molecule has 37 heavy (non-hydrogen) atoms. The van der Waals surface area contributed by atoms with Gasteiger partial charge in [-0.2, -0.15) is 4.31 Å². The number of hydrogen-bond acceptors (Lipinski definition) is 7. The number of carbonyl (C=O) groups excluding carboxylic acids is 2. The maximum Gasteiger partial charge on any atom is 0.408 e. The highest BCUT2D eigenvalue weighted by molar-refractivity contribution is 7.89. The lowest BCUT2D eigenvalue weighted by Gasteiger charge is -2.42. The van der Waals surface area contributed by atoms with Crippen molar-refractivity contribution in [3.8, 4) is 5.75 Å². The molecular weight excluding hydrogens is 512 g/mol. The summed E-state index contributed by atoms with van der Waals surface area (Å²) in [5, 5.41) is 2.37. The average molecular weight is 559 g/mol. The third-order valence-electron chi connectivity index (χ3n) is 6.13. The summed E-state index contributed by atoms with van der Waals surface area (Å²) in [7, 11) is -4.94. The van der Waals surface area contributed by atoms with Crippen molar-refractivity contribution in [3.63, 3.8) is 0 Å². The van der Waals surface area contributed by atoms with Gasteiger partial charge in [0.1, 0.15) is 23.7 Å². The number of sulfonamides is 1. The van der Waals surface area contributed by atoms with Crippen molar-refractivity contribution in [2.45, 2.75) is 96.2 Å². The second-order valence-corrected chi connectivity index (χ2v) is 18.8. The predicted octanol–water partition coefficient (Wildman–Crippen LogP) is 4.82. The number of ether oxygens (including phenoxy) is 2. The minimum absolute atomic E-state index is 0.00459. The van der Waals surface area contributed by atoms with Crippen molar-refractivity contribution >= 4 is 30.7 Å². The fraction of sp³-hybridized carbons (Fsp3) is 0.692. The topological polar surface area (TPSA) is 111 Å². The van der Waals surface area contributed by atoms with Gasteiger partial charge in [0.15, 0.2) is 8.32 Å². The molecule has 11 heteroatoms. The van der Waals surface area contributed by atoms with Crippen LogP contribution in [0.5, 0.6) is 5.75 Å². The summed E-state index contributed by atoms with van der Waals surface area (Å²) >= 11 is 0. The van der Waals surface area contributed by atoms with E-state index in [1.807, 2.05) is 47.7 Å². The molecule has 1 aromatic rings. The molecule has 1 unspecified atom stereocenters. The van der Waals surface area contributed by atoms with Crippen molar-refractivity contribution in [2.75, 3.05) is 20.2 Å². The second-order valence-electron chi connectivity index (χ2n) is 12.1. The molecule has 1 N–H and O–H groups in total. The first-order valence-electron chi connectivity index (χ1n) is 12.5. The van der Waals surface area contributed by atoms with E-state index in [1.165, 1.54) is 23.5 Å². The fourth-order valence-electron chi connectivity index (χ4n) is 3.21. The van der Waals surface area contributed by atoms with Crippen LogP contribution in [0.1, 0.15) is 55.4 Å². The number of hydrogen-bond donors (Lipinski definition) is 1. The molecule has 0 radical (unpaired) electrons.